The monoisotopic (exact) mass is 386 g/mol. The number of hydrogen-bond acceptors (Lipinski definition) is 3. The molecule has 0 spiro atoms. The van der Waals surface area contributed by atoms with E-state index in [-0.39, 0.29) is 0 Å². The minimum atomic E-state index is 0.612. The summed E-state index contributed by atoms with van der Waals surface area (Å²) in [5.41, 5.74) is 6.64. The summed E-state index contributed by atoms with van der Waals surface area (Å²) in [6.07, 6.45) is 0. The van der Waals surface area contributed by atoms with Crippen LogP contribution in [-0.4, -0.2) is 31.1 Å². The fourth-order valence-corrected chi connectivity index (χ4v) is 3.90. The van der Waals surface area contributed by atoms with Gasteiger partial charge in [0.25, 0.3) is 0 Å². The smallest absolute Gasteiger partial charge is 0.119 e. The normalized spacial score (nSPS) is 14.8. The first kappa shape index (κ1) is 19.5. The molecule has 0 aliphatic carbocycles. The molecule has 3 aromatic carbocycles. The largest absolute Gasteiger partial charge is 0.489 e. The summed E-state index contributed by atoms with van der Waals surface area (Å²) in [6, 6.07) is 25.6. The first-order valence-corrected chi connectivity index (χ1v) is 10.5. The van der Waals surface area contributed by atoms with Gasteiger partial charge < -0.3 is 9.64 Å². The lowest BCUT2D eigenvalue weighted by atomic mass is 10.1. The van der Waals surface area contributed by atoms with Crippen LogP contribution in [0.4, 0.5) is 5.69 Å². The second-order valence-electron chi connectivity index (χ2n) is 7.97. The van der Waals surface area contributed by atoms with Crippen LogP contribution in [0.2, 0.25) is 0 Å². The van der Waals surface area contributed by atoms with Crippen molar-refractivity contribution in [3.8, 4) is 5.75 Å². The second kappa shape index (κ2) is 9.15. The van der Waals surface area contributed by atoms with Crippen molar-refractivity contribution < 1.29 is 4.74 Å². The molecule has 0 bridgehead atoms. The molecule has 3 heteroatoms. The van der Waals surface area contributed by atoms with Gasteiger partial charge >= 0.3 is 0 Å². The highest BCUT2D eigenvalue weighted by atomic mass is 16.5. The Morgan fingerprint density at radius 1 is 0.759 bits per heavy atom. The summed E-state index contributed by atoms with van der Waals surface area (Å²) >= 11 is 0. The van der Waals surface area contributed by atoms with Crippen LogP contribution >= 0.6 is 0 Å². The summed E-state index contributed by atoms with van der Waals surface area (Å²) < 4.78 is 5.90. The van der Waals surface area contributed by atoms with Crippen LogP contribution < -0.4 is 9.64 Å². The number of ether oxygens (including phenoxy) is 1. The van der Waals surface area contributed by atoms with E-state index in [1.165, 1.54) is 27.9 Å². The maximum absolute atomic E-state index is 5.90. The average molecular weight is 387 g/mol. The molecule has 29 heavy (non-hydrogen) atoms. The van der Waals surface area contributed by atoms with Crippen molar-refractivity contribution in [2.24, 2.45) is 0 Å². The van der Waals surface area contributed by atoms with Crippen LogP contribution in [0, 0.1) is 13.8 Å². The molecular formula is C26H30N2O. The van der Waals surface area contributed by atoms with Gasteiger partial charge in [0, 0.05) is 38.4 Å². The van der Waals surface area contributed by atoms with Gasteiger partial charge in [-0.05, 0) is 54.3 Å². The van der Waals surface area contributed by atoms with Crippen LogP contribution in [0.25, 0.3) is 0 Å². The van der Waals surface area contributed by atoms with Crippen molar-refractivity contribution in [2.75, 3.05) is 31.1 Å². The van der Waals surface area contributed by atoms with Gasteiger partial charge in [-0.2, -0.15) is 0 Å². The third kappa shape index (κ3) is 5.18. The fraction of sp³-hybridized carbons (Fsp3) is 0.308. The molecule has 0 unspecified atom stereocenters. The minimum Gasteiger partial charge on any atom is -0.489 e. The van der Waals surface area contributed by atoms with E-state index in [9.17, 15) is 0 Å². The quantitative estimate of drug-likeness (QED) is 0.579. The molecule has 1 heterocycles. The molecule has 0 amide bonds. The average Bonchev–Trinajstić information content (AvgIpc) is 2.76. The lowest BCUT2D eigenvalue weighted by Crippen LogP contribution is -2.46. The predicted octanol–water partition coefficient (Wildman–Crippen LogP) is 5.20. The Bertz CT molecular complexity index is 913. The maximum atomic E-state index is 5.90. The Morgan fingerprint density at radius 2 is 1.48 bits per heavy atom. The molecule has 1 aliphatic rings. The van der Waals surface area contributed by atoms with Gasteiger partial charge in [0.1, 0.15) is 12.4 Å². The topological polar surface area (TPSA) is 15.7 Å². The third-order valence-corrected chi connectivity index (χ3v) is 5.66. The molecule has 0 aromatic heterocycles. The van der Waals surface area contributed by atoms with Crippen LogP contribution in [0.1, 0.15) is 22.3 Å². The Kier molecular flexibility index (Phi) is 6.16. The number of hydrogen-bond donors (Lipinski definition) is 0. The summed E-state index contributed by atoms with van der Waals surface area (Å²) in [4.78, 5) is 5.07. The molecular weight excluding hydrogens is 356 g/mol. The van der Waals surface area contributed by atoms with Gasteiger partial charge in [0.15, 0.2) is 0 Å². The zero-order chi connectivity index (χ0) is 20.1. The predicted molar refractivity (Wildman–Crippen MR) is 121 cm³/mol. The molecule has 0 radical (unpaired) electrons. The Hall–Kier alpha value is -2.78. The highest BCUT2D eigenvalue weighted by molar-refractivity contribution is 5.55. The van der Waals surface area contributed by atoms with E-state index >= 15 is 0 Å². The van der Waals surface area contributed by atoms with Crippen molar-refractivity contribution in [3.63, 3.8) is 0 Å². The first-order valence-electron chi connectivity index (χ1n) is 10.5. The SMILES string of the molecule is Cc1ccc(C)c(N2CCN(Cc3ccc(OCc4ccccc4)cc3)CC2)c1. The molecule has 1 aliphatic heterocycles. The van der Waals surface area contributed by atoms with Crippen LogP contribution in [-0.2, 0) is 13.2 Å². The first-order chi connectivity index (χ1) is 14.2. The van der Waals surface area contributed by atoms with E-state index in [0.717, 1.165) is 38.5 Å². The highest BCUT2D eigenvalue weighted by Crippen LogP contribution is 2.23. The molecule has 3 aromatic rings. The summed E-state index contributed by atoms with van der Waals surface area (Å²) in [6.45, 7) is 10.4. The summed E-state index contributed by atoms with van der Waals surface area (Å²) in [5, 5.41) is 0. The number of piperazine rings is 1. The van der Waals surface area contributed by atoms with E-state index in [2.05, 4.69) is 78.2 Å². The lowest BCUT2D eigenvalue weighted by molar-refractivity contribution is 0.249. The Labute approximate surface area is 174 Å². The van der Waals surface area contributed by atoms with E-state index in [0.29, 0.717) is 6.61 Å². The molecule has 0 N–H and O–H groups in total. The van der Waals surface area contributed by atoms with Gasteiger partial charge in [0.05, 0.1) is 0 Å². The molecule has 1 fully saturated rings. The van der Waals surface area contributed by atoms with Gasteiger partial charge in [-0.25, -0.2) is 0 Å². The van der Waals surface area contributed by atoms with Crippen LogP contribution in [0.3, 0.4) is 0 Å². The summed E-state index contributed by atoms with van der Waals surface area (Å²) in [7, 11) is 0. The van der Waals surface area contributed by atoms with Crippen molar-refractivity contribution in [1.82, 2.24) is 4.90 Å². The van der Waals surface area contributed by atoms with Crippen molar-refractivity contribution in [1.29, 1.82) is 0 Å². The van der Waals surface area contributed by atoms with Gasteiger partial charge in [-0.3, -0.25) is 4.90 Å². The number of nitrogens with zero attached hydrogens (tertiary/aromatic N) is 2. The van der Waals surface area contributed by atoms with Crippen molar-refractivity contribution in [3.05, 3.63) is 95.1 Å². The Balaban J connectivity index is 1.27. The number of aryl methyl sites for hydroxylation is 2. The van der Waals surface area contributed by atoms with E-state index in [1.54, 1.807) is 0 Å². The molecule has 0 atom stereocenters. The number of rotatable bonds is 6. The molecule has 0 saturated carbocycles. The van der Waals surface area contributed by atoms with Gasteiger partial charge in [-0.1, -0.05) is 54.6 Å². The molecule has 150 valence electrons. The number of benzene rings is 3. The zero-order valence-electron chi connectivity index (χ0n) is 17.5. The van der Waals surface area contributed by atoms with Crippen LogP contribution in [0.5, 0.6) is 5.75 Å². The van der Waals surface area contributed by atoms with E-state index < -0.39 is 0 Å². The lowest BCUT2D eigenvalue weighted by Gasteiger charge is -2.37. The zero-order valence-corrected chi connectivity index (χ0v) is 17.5. The van der Waals surface area contributed by atoms with Crippen molar-refractivity contribution in [2.45, 2.75) is 27.0 Å². The number of anilines is 1. The van der Waals surface area contributed by atoms with Crippen molar-refractivity contribution >= 4 is 5.69 Å². The van der Waals surface area contributed by atoms with Gasteiger partial charge in [0.2, 0.25) is 0 Å². The standard InChI is InChI=1S/C26H30N2O/c1-21-8-9-22(2)26(18-21)28-16-14-27(15-17-28)19-23-10-12-25(13-11-23)29-20-24-6-4-3-5-7-24/h3-13,18H,14-17,19-20H2,1-2H3. The van der Waals surface area contributed by atoms with E-state index in [1.807, 2.05) is 18.2 Å². The van der Waals surface area contributed by atoms with Crippen LogP contribution in [0.15, 0.2) is 72.8 Å². The second-order valence-corrected chi connectivity index (χ2v) is 7.97. The van der Waals surface area contributed by atoms with Gasteiger partial charge in [-0.15, -0.1) is 0 Å². The maximum Gasteiger partial charge on any atom is 0.119 e. The minimum absolute atomic E-state index is 0.612. The molecule has 1 saturated heterocycles. The molecule has 3 nitrogen and oxygen atoms in total. The third-order valence-electron chi connectivity index (χ3n) is 5.66. The Morgan fingerprint density at radius 3 is 2.21 bits per heavy atom. The fourth-order valence-electron chi connectivity index (χ4n) is 3.90. The summed E-state index contributed by atoms with van der Waals surface area (Å²) in [5.74, 6) is 0.928. The molecule has 4 rings (SSSR count). The highest BCUT2D eigenvalue weighted by Gasteiger charge is 2.18. The van der Waals surface area contributed by atoms with E-state index in [4.69, 9.17) is 4.74 Å².